The number of hydrogen-bond acceptors (Lipinski definition) is 5. The molecule has 1 atom stereocenters. The van der Waals surface area contributed by atoms with Crippen LogP contribution in [0, 0.1) is 6.92 Å². The largest absolute Gasteiger partial charge is 0.445 e. The number of rotatable bonds is 10. The van der Waals surface area contributed by atoms with Crippen molar-refractivity contribution in [3.63, 3.8) is 0 Å². The van der Waals surface area contributed by atoms with Crippen LogP contribution < -0.4 is 15.7 Å². The van der Waals surface area contributed by atoms with Crippen molar-refractivity contribution < 1.29 is 14.0 Å². The number of hydrogen-bond donors (Lipinski definition) is 1. The first-order valence-electron chi connectivity index (χ1n) is 13.5. The Kier molecular flexibility index (Phi) is 10.2. The van der Waals surface area contributed by atoms with Crippen molar-refractivity contribution in [1.82, 2.24) is 15.5 Å². The Morgan fingerprint density at radius 1 is 0.854 bits per heavy atom. The Bertz CT molecular complexity index is 1400. The molecule has 0 aliphatic carbocycles. The zero-order valence-electron chi connectivity index (χ0n) is 23.7. The monoisotopic (exact) mass is 607 g/mol. The first-order valence-corrected chi connectivity index (χ1v) is 16.2. The highest BCUT2D eigenvalue weighted by atomic mass is 35.5. The Morgan fingerprint density at radius 2 is 1.37 bits per heavy atom. The van der Waals surface area contributed by atoms with Crippen molar-refractivity contribution in [1.29, 1.82) is 0 Å². The first kappa shape index (κ1) is 30.7. The third kappa shape index (κ3) is 7.35. The summed E-state index contributed by atoms with van der Waals surface area (Å²) in [5, 5.41) is 13.5. The van der Waals surface area contributed by atoms with E-state index in [2.05, 4.69) is 60.6 Å². The Hall–Kier alpha value is -3.23. The van der Waals surface area contributed by atoms with Crippen LogP contribution in [0.15, 0.2) is 91.0 Å². The third-order valence-corrected chi connectivity index (χ3v) is 12.8. The molecule has 4 rings (SSSR count). The van der Waals surface area contributed by atoms with Gasteiger partial charge in [0.1, 0.15) is 6.61 Å². The lowest BCUT2D eigenvalue weighted by molar-refractivity contribution is 0.130. The molecular formula is C32H35Cl2N3O3Si. The maximum atomic E-state index is 13.1. The molecule has 214 valence electrons. The summed E-state index contributed by atoms with van der Waals surface area (Å²) in [4.78, 5) is 13.1. The lowest BCUT2D eigenvalue weighted by atomic mass is 10.1. The van der Waals surface area contributed by atoms with Gasteiger partial charge in [0, 0.05) is 0 Å². The molecule has 3 aromatic carbocycles. The molecular weight excluding hydrogens is 573 g/mol. The average Bonchev–Trinajstić information content (AvgIpc) is 2.97. The van der Waals surface area contributed by atoms with E-state index in [1.807, 2.05) is 73.7 Å². The number of carbonyl (C=O) groups is 1. The van der Waals surface area contributed by atoms with E-state index < -0.39 is 20.5 Å². The van der Waals surface area contributed by atoms with E-state index >= 15 is 0 Å². The number of amides is 1. The number of halogens is 2. The molecule has 1 N–H and O–H groups in total. The number of carbonyl (C=O) groups excluding carboxylic acids is 1. The second-order valence-corrected chi connectivity index (χ2v) is 16.0. The Labute approximate surface area is 253 Å². The van der Waals surface area contributed by atoms with Crippen LogP contribution in [0.2, 0.25) is 15.3 Å². The van der Waals surface area contributed by atoms with E-state index in [0.717, 1.165) is 15.9 Å². The molecule has 6 nitrogen and oxygen atoms in total. The molecule has 0 radical (unpaired) electrons. The Morgan fingerprint density at radius 3 is 1.90 bits per heavy atom. The van der Waals surface area contributed by atoms with E-state index in [-0.39, 0.29) is 28.6 Å². The van der Waals surface area contributed by atoms with Gasteiger partial charge in [0.15, 0.2) is 10.3 Å². The van der Waals surface area contributed by atoms with Gasteiger partial charge in [0.25, 0.3) is 8.32 Å². The predicted molar refractivity (Wildman–Crippen MR) is 168 cm³/mol. The maximum absolute atomic E-state index is 13.1. The number of nitrogens with zero attached hydrogens (tertiary/aromatic N) is 2. The molecule has 0 bridgehead atoms. The minimum Gasteiger partial charge on any atom is -0.445 e. The fourth-order valence-corrected chi connectivity index (χ4v) is 10.1. The topological polar surface area (TPSA) is 73.3 Å². The van der Waals surface area contributed by atoms with E-state index in [9.17, 15) is 4.79 Å². The van der Waals surface area contributed by atoms with Crippen LogP contribution in [0.3, 0.4) is 0 Å². The molecule has 4 aromatic rings. The molecule has 0 spiro atoms. The van der Waals surface area contributed by atoms with Crippen molar-refractivity contribution in [2.24, 2.45) is 0 Å². The van der Waals surface area contributed by atoms with Crippen LogP contribution in [0.1, 0.15) is 37.5 Å². The SMILES string of the molecule is Cc1c(Cl)nnc(Cl)c1C[C@H](CO[Si](c1ccccc1)(c1ccccc1)C(C)(C)C)NC(=O)OCc1ccccc1. The smallest absolute Gasteiger partial charge is 0.407 e. The molecule has 1 aromatic heterocycles. The van der Waals surface area contributed by atoms with E-state index in [4.69, 9.17) is 32.4 Å². The summed E-state index contributed by atoms with van der Waals surface area (Å²) in [6, 6.07) is 29.8. The average molecular weight is 609 g/mol. The first-order chi connectivity index (χ1) is 19.6. The standard InChI is InChI=1S/C32H35Cl2N3O3Si/c1-23-28(30(34)37-36-29(23)33)20-25(35-31(38)39-21-24-14-8-5-9-15-24)22-40-41(32(2,3)4,26-16-10-6-11-17-26)27-18-12-7-13-19-27/h5-19,25H,20-22H2,1-4H3,(H,35,38)/t25-/m1/s1. The number of aromatic nitrogens is 2. The van der Waals surface area contributed by atoms with Gasteiger partial charge in [-0.05, 0) is 45.4 Å². The van der Waals surface area contributed by atoms with Crippen molar-refractivity contribution in [3.8, 4) is 0 Å². The van der Waals surface area contributed by atoms with Gasteiger partial charge in [-0.25, -0.2) is 4.79 Å². The zero-order chi connectivity index (χ0) is 29.5. The third-order valence-electron chi connectivity index (χ3n) is 7.14. The minimum atomic E-state index is -2.87. The summed E-state index contributed by atoms with van der Waals surface area (Å²) < 4.78 is 12.7. The van der Waals surface area contributed by atoms with Crippen molar-refractivity contribution in [3.05, 3.63) is 118 Å². The van der Waals surface area contributed by atoms with Crippen LogP contribution in [-0.2, 0) is 22.2 Å². The van der Waals surface area contributed by atoms with Gasteiger partial charge in [-0.3, -0.25) is 0 Å². The summed E-state index contributed by atoms with van der Waals surface area (Å²) in [5.74, 6) is 0. The molecule has 0 saturated carbocycles. The summed E-state index contributed by atoms with van der Waals surface area (Å²) in [6.07, 6.45) is -0.217. The minimum absolute atomic E-state index is 0.150. The fraction of sp³-hybridized carbons (Fsp3) is 0.281. The lowest BCUT2D eigenvalue weighted by Gasteiger charge is -2.43. The van der Waals surface area contributed by atoms with Crippen molar-refractivity contribution in [2.45, 2.75) is 51.8 Å². The second kappa shape index (κ2) is 13.6. The van der Waals surface area contributed by atoms with Crippen LogP contribution >= 0.6 is 23.2 Å². The zero-order valence-corrected chi connectivity index (χ0v) is 26.2. The molecule has 0 aliphatic heterocycles. The van der Waals surface area contributed by atoms with Gasteiger partial charge in [-0.2, -0.15) is 0 Å². The van der Waals surface area contributed by atoms with E-state index in [1.165, 1.54) is 0 Å². The highest BCUT2D eigenvalue weighted by molar-refractivity contribution is 6.99. The molecule has 0 aliphatic rings. The van der Waals surface area contributed by atoms with E-state index in [0.29, 0.717) is 17.5 Å². The summed E-state index contributed by atoms with van der Waals surface area (Å²) in [6.45, 7) is 8.84. The van der Waals surface area contributed by atoms with Crippen molar-refractivity contribution >= 4 is 48.0 Å². The number of ether oxygens (including phenoxy) is 1. The van der Waals surface area contributed by atoms with Crippen molar-refractivity contribution in [2.75, 3.05) is 6.61 Å². The molecule has 1 amide bonds. The molecule has 0 saturated heterocycles. The number of benzene rings is 3. The van der Waals surface area contributed by atoms with Gasteiger partial charge in [-0.1, -0.05) is 135 Å². The lowest BCUT2D eigenvalue weighted by Crippen LogP contribution is -2.67. The molecule has 9 heteroatoms. The van der Waals surface area contributed by atoms with Gasteiger partial charge in [0.2, 0.25) is 0 Å². The van der Waals surface area contributed by atoms with Gasteiger partial charge in [-0.15, -0.1) is 10.2 Å². The van der Waals surface area contributed by atoms with E-state index in [1.54, 1.807) is 0 Å². The quantitative estimate of drug-likeness (QED) is 0.208. The van der Waals surface area contributed by atoms with Gasteiger partial charge < -0.3 is 14.5 Å². The van der Waals surface area contributed by atoms with Crippen LogP contribution in [0.5, 0.6) is 0 Å². The molecule has 1 heterocycles. The number of nitrogens with one attached hydrogen (secondary N) is 1. The summed E-state index contributed by atoms with van der Waals surface area (Å²) in [7, 11) is -2.87. The fourth-order valence-electron chi connectivity index (χ4n) is 5.06. The van der Waals surface area contributed by atoms with Crippen LogP contribution in [0.25, 0.3) is 0 Å². The van der Waals surface area contributed by atoms with Crippen LogP contribution in [0.4, 0.5) is 4.79 Å². The maximum Gasteiger partial charge on any atom is 0.407 e. The normalized spacial score (nSPS) is 12.5. The highest BCUT2D eigenvalue weighted by Crippen LogP contribution is 2.37. The summed E-state index contributed by atoms with van der Waals surface area (Å²) in [5.41, 5.74) is 2.31. The molecule has 0 fully saturated rings. The Balaban J connectivity index is 1.68. The number of alkyl carbamates (subject to hydrolysis) is 1. The molecule has 41 heavy (non-hydrogen) atoms. The van der Waals surface area contributed by atoms with Gasteiger partial charge >= 0.3 is 6.09 Å². The second-order valence-electron chi connectivity index (χ2n) is 11.0. The predicted octanol–water partition coefficient (Wildman–Crippen LogP) is 6.51. The summed E-state index contributed by atoms with van der Waals surface area (Å²) >= 11 is 12.8. The van der Waals surface area contributed by atoms with Crippen LogP contribution in [-0.4, -0.2) is 37.3 Å². The highest BCUT2D eigenvalue weighted by Gasteiger charge is 2.50. The van der Waals surface area contributed by atoms with Gasteiger partial charge in [0.05, 0.1) is 12.6 Å². The molecule has 0 unspecified atom stereocenters.